The molecule has 0 radical (unpaired) electrons. The standard InChI is InChI=1S/C16H16ClN3O3/c17-11-4-6-12(7-5-11)20-15(21)9-14(16(22)23)19-10-13-3-1-2-8-18-13/h1-8,14,19H,9-10H2,(H,20,21)(H,22,23)/t14-/m0/s1. The fourth-order valence-corrected chi connectivity index (χ4v) is 2.03. The van der Waals surface area contributed by atoms with E-state index in [1.807, 2.05) is 6.07 Å². The van der Waals surface area contributed by atoms with Crippen LogP contribution in [-0.2, 0) is 16.1 Å². The lowest BCUT2D eigenvalue weighted by Crippen LogP contribution is -2.39. The third-order valence-corrected chi connectivity index (χ3v) is 3.32. The van der Waals surface area contributed by atoms with Gasteiger partial charge in [-0.2, -0.15) is 0 Å². The van der Waals surface area contributed by atoms with E-state index in [0.29, 0.717) is 16.4 Å². The number of hydrogen-bond donors (Lipinski definition) is 3. The van der Waals surface area contributed by atoms with Gasteiger partial charge in [0.05, 0.1) is 12.1 Å². The molecule has 2 rings (SSSR count). The number of rotatable bonds is 7. The monoisotopic (exact) mass is 333 g/mol. The van der Waals surface area contributed by atoms with Gasteiger partial charge in [0.15, 0.2) is 0 Å². The largest absolute Gasteiger partial charge is 0.480 e. The summed E-state index contributed by atoms with van der Waals surface area (Å²) in [5.74, 6) is -1.49. The molecule has 0 spiro atoms. The Hall–Kier alpha value is -2.44. The molecule has 120 valence electrons. The average Bonchev–Trinajstić information content (AvgIpc) is 2.54. The van der Waals surface area contributed by atoms with Crippen molar-refractivity contribution in [2.75, 3.05) is 5.32 Å². The van der Waals surface area contributed by atoms with Crippen molar-refractivity contribution in [2.45, 2.75) is 19.0 Å². The molecule has 0 aliphatic rings. The molecule has 0 bridgehead atoms. The van der Waals surface area contributed by atoms with Crippen molar-refractivity contribution in [1.29, 1.82) is 0 Å². The Morgan fingerprint density at radius 1 is 1.17 bits per heavy atom. The zero-order valence-corrected chi connectivity index (χ0v) is 13.0. The lowest BCUT2D eigenvalue weighted by molar-refractivity contribution is -0.141. The van der Waals surface area contributed by atoms with Gasteiger partial charge in [0.25, 0.3) is 0 Å². The van der Waals surface area contributed by atoms with Crippen molar-refractivity contribution < 1.29 is 14.7 Å². The van der Waals surface area contributed by atoms with Crippen molar-refractivity contribution in [2.24, 2.45) is 0 Å². The summed E-state index contributed by atoms with van der Waals surface area (Å²) in [5, 5.41) is 15.2. The molecule has 1 aromatic carbocycles. The number of halogens is 1. The third-order valence-electron chi connectivity index (χ3n) is 3.07. The van der Waals surface area contributed by atoms with E-state index in [0.717, 1.165) is 0 Å². The van der Waals surface area contributed by atoms with Crippen LogP contribution in [0, 0.1) is 0 Å². The smallest absolute Gasteiger partial charge is 0.321 e. The van der Waals surface area contributed by atoms with Gasteiger partial charge < -0.3 is 10.4 Å². The number of carboxylic acids is 1. The van der Waals surface area contributed by atoms with E-state index in [1.165, 1.54) is 0 Å². The Balaban J connectivity index is 1.89. The Bertz CT molecular complexity index is 662. The number of pyridine rings is 1. The van der Waals surface area contributed by atoms with Gasteiger partial charge in [-0.05, 0) is 36.4 Å². The highest BCUT2D eigenvalue weighted by atomic mass is 35.5. The number of aromatic nitrogens is 1. The Kier molecular flexibility index (Phi) is 6.08. The minimum atomic E-state index is -1.09. The normalized spacial score (nSPS) is 11.7. The van der Waals surface area contributed by atoms with Gasteiger partial charge in [0, 0.05) is 23.5 Å². The van der Waals surface area contributed by atoms with Crippen molar-refractivity contribution in [3.05, 3.63) is 59.4 Å². The topological polar surface area (TPSA) is 91.3 Å². The molecule has 2 aromatic rings. The summed E-state index contributed by atoms with van der Waals surface area (Å²) in [6, 6.07) is 11.0. The number of carbonyl (C=O) groups excluding carboxylic acids is 1. The van der Waals surface area contributed by atoms with Gasteiger partial charge >= 0.3 is 5.97 Å². The van der Waals surface area contributed by atoms with Gasteiger partial charge in [0.2, 0.25) is 5.91 Å². The van der Waals surface area contributed by atoms with Crippen molar-refractivity contribution in [3.63, 3.8) is 0 Å². The first kappa shape index (κ1) is 16.9. The first-order valence-corrected chi connectivity index (χ1v) is 7.34. The van der Waals surface area contributed by atoms with E-state index in [2.05, 4.69) is 15.6 Å². The summed E-state index contributed by atoms with van der Waals surface area (Å²) in [7, 11) is 0. The summed E-state index contributed by atoms with van der Waals surface area (Å²) in [6.45, 7) is 0.270. The SMILES string of the molecule is O=C(C[C@H](NCc1ccccn1)C(=O)O)Nc1ccc(Cl)cc1. The zero-order chi connectivity index (χ0) is 16.7. The molecule has 1 atom stereocenters. The molecule has 1 amide bonds. The highest BCUT2D eigenvalue weighted by Gasteiger charge is 2.20. The summed E-state index contributed by atoms with van der Waals surface area (Å²) < 4.78 is 0. The highest BCUT2D eigenvalue weighted by molar-refractivity contribution is 6.30. The van der Waals surface area contributed by atoms with E-state index in [4.69, 9.17) is 11.6 Å². The van der Waals surface area contributed by atoms with Crippen LogP contribution in [0.25, 0.3) is 0 Å². The van der Waals surface area contributed by atoms with Crippen LogP contribution in [0.1, 0.15) is 12.1 Å². The second-order valence-corrected chi connectivity index (χ2v) is 5.29. The number of benzene rings is 1. The van der Waals surface area contributed by atoms with Crippen molar-refractivity contribution >= 4 is 29.2 Å². The molecule has 0 aliphatic heterocycles. The van der Waals surface area contributed by atoms with Crippen LogP contribution in [0.15, 0.2) is 48.7 Å². The zero-order valence-electron chi connectivity index (χ0n) is 12.2. The molecule has 0 saturated carbocycles. The molecule has 1 heterocycles. The number of aliphatic carboxylic acids is 1. The number of amides is 1. The number of nitrogens with zero attached hydrogens (tertiary/aromatic N) is 1. The molecular formula is C16H16ClN3O3. The Labute approximate surface area is 138 Å². The first-order valence-electron chi connectivity index (χ1n) is 6.96. The summed E-state index contributed by atoms with van der Waals surface area (Å²) in [5.41, 5.74) is 1.27. The summed E-state index contributed by atoms with van der Waals surface area (Å²) >= 11 is 5.77. The first-order chi connectivity index (χ1) is 11.0. The second-order valence-electron chi connectivity index (χ2n) is 4.85. The second kappa shape index (κ2) is 8.26. The van der Waals surface area contributed by atoms with E-state index < -0.39 is 17.9 Å². The molecule has 0 saturated heterocycles. The van der Waals surface area contributed by atoms with Gasteiger partial charge in [-0.1, -0.05) is 17.7 Å². The fourth-order valence-electron chi connectivity index (χ4n) is 1.91. The van der Waals surface area contributed by atoms with Gasteiger partial charge in [-0.3, -0.25) is 19.9 Å². The van der Waals surface area contributed by atoms with Crippen LogP contribution in [0.2, 0.25) is 5.02 Å². The van der Waals surface area contributed by atoms with Gasteiger partial charge in [-0.25, -0.2) is 0 Å². The molecule has 3 N–H and O–H groups in total. The van der Waals surface area contributed by atoms with Crippen LogP contribution < -0.4 is 10.6 Å². The highest BCUT2D eigenvalue weighted by Crippen LogP contribution is 2.13. The maximum absolute atomic E-state index is 12.0. The molecule has 6 nitrogen and oxygen atoms in total. The summed E-state index contributed by atoms with van der Waals surface area (Å²) in [4.78, 5) is 27.3. The van der Waals surface area contributed by atoms with Gasteiger partial charge in [0.1, 0.15) is 6.04 Å². The lowest BCUT2D eigenvalue weighted by Gasteiger charge is -2.14. The minimum absolute atomic E-state index is 0.190. The number of carbonyl (C=O) groups is 2. The number of hydrogen-bond acceptors (Lipinski definition) is 4. The van der Waals surface area contributed by atoms with Crippen LogP contribution in [-0.4, -0.2) is 28.0 Å². The minimum Gasteiger partial charge on any atom is -0.480 e. The van der Waals surface area contributed by atoms with Crippen molar-refractivity contribution in [1.82, 2.24) is 10.3 Å². The fraction of sp³-hybridized carbons (Fsp3) is 0.188. The molecule has 1 aromatic heterocycles. The molecule has 0 fully saturated rings. The molecule has 23 heavy (non-hydrogen) atoms. The van der Waals surface area contributed by atoms with Gasteiger partial charge in [-0.15, -0.1) is 0 Å². The molecule has 0 unspecified atom stereocenters. The third kappa shape index (κ3) is 5.69. The van der Waals surface area contributed by atoms with Crippen molar-refractivity contribution in [3.8, 4) is 0 Å². The van der Waals surface area contributed by atoms with E-state index >= 15 is 0 Å². The lowest BCUT2D eigenvalue weighted by atomic mass is 10.2. The van der Waals surface area contributed by atoms with E-state index in [-0.39, 0.29) is 13.0 Å². The number of carboxylic acid groups (broad SMARTS) is 1. The molecule has 0 aliphatic carbocycles. The predicted molar refractivity (Wildman–Crippen MR) is 87.2 cm³/mol. The molecular weight excluding hydrogens is 318 g/mol. The van der Waals surface area contributed by atoms with E-state index in [9.17, 15) is 14.7 Å². The maximum atomic E-state index is 12.0. The maximum Gasteiger partial charge on any atom is 0.321 e. The molecule has 7 heteroatoms. The Morgan fingerprint density at radius 3 is 2.52 bits per heavy atom. The van der Waals surface area contributed by atoms with Crippen LogP contribution >= 0.6 is 11.6 Å². The van der Waals surface area contributed by atoms with E-state index in [1.54, 1.807) is 42.6 Å². The van der Waals surface area contributed by atoms with Crippen LogP contribution in [0.5, 0.6) is 0 Å². The predicted octanol–water partition coefficient (Wildman–Crippen LogP) is 2.31. The van der Waals surface area contributed by atoms with Crippen LogP contribution in [0.3, 0.4) is 0 Å². The number of nitrogens with one attached hydrogen (secondary N) is 2. The summed E-state index contributed by atoms with van der Waals surface area (Å²) in [6.07, 6.45) is 1.44. The van der Waals surface area contributed by atoms with Crippen LogP contribution in [0.4, 0.5) is 5.69 Å². The Morgan fingerprint density at radius 2 is 1.91 bits per heavy atom. The quantitative estimate of drug-likeness (QED) is 0.723. The average molecular weight is 334 g/mol. The number of anilines is 1.